The summed E-state index contributed by atoms with van der Waals surface area (Å²) in [5.74, 6) is 2.80. The SMILES string of the molecule is COc1ccc(CCC2=NCCN2)c(OC)c1. The molecule has 1 aromatic rings. The zero-order valence-corrected chi connectivity index (χ0v) is 10.3. The normalized spacial score (nSPS) is 14.1. The van der Waals surface area contributed by atoms with Crippen LogP contribution in [0.25, 0.3) is 0 Å². The summed E-state index contributed by atoms with van der Waals surface area (Å²) >= 11 is 0. The van der Waals surface area contributed by atoms with Crippen LogP contribution >= 0.6 is 0 Å². The summed E-state index contributed by atoms with van der Waals surface area (Å²) in [5.41, 5.74) is 1.18. The second-order valence-electron chi connectivity index (χ2n) is 3.93. The van der Waals surface area contributed by atoms with Crippen molar-refractivity contribution in [3.05, 3.63) is 23.8 Å². The molecule has 4 heteroatoms. The Morgan fingerprint density at radius 1 is 1.24 bits per heavy atom. The summed E-state index contributed by atoms with van der Waals surface area (Å²) in [5, 5.41) is 3.27. The van der Waals surface area contributed by atoms with E-state index in [1.807, 2.05) is 18.2 Å². The quantitative estimate of drug-likeness (QED) is 0.842. The van der Waals surface area contributed by atoms with E-state index in [1.165, 1.54) is 5.56 Å². The van der Waals surface area contributed by atoms with Crippen LogP contribution in [0.1, 0.15) is 12.0 Å². The lowest BCUT2D eigenvalue weighted by Gasteiger charge is -2.10. The highest BCUT2D eigenvalue weighted by Crippen LogP contribution is 2.25. The summed E-state index contributed by atoms with van der Waals surface area (Å²) in [6, 6.07) is 5.92. The molecule has 1 heterocycles. The molecule has 0 spiro atoms. The van der Waals surface area contributed by atoms with Gasteiger partial charge in [-0.1, -0.05) is 6.07 Å². The molecule has 17 heavy (non-hydrogen) atoms. The third-order valence-corrected chi connectivity index (χ3v) is 2.87. The zero-order valence-electron chi connectivity index (χ0n) is 10.3. The number of hydrogen-bond donors (Lipinski definition) is 1. The number of nitrogens with one attached hydrogen (secondary N) is 1. The lowest BCUT2D eigenvalue weighted by molar-refractivity contribution is 0.391. The molecule has 0 aromatic heterocycles. The number of aryl methyl sites for hydroxylation is 1. The van der Waals surface area contributed by atoms with Gasteiger partial charge in [0.2, 0.25) is 0 Å². The van der Waals surface area contributed by atoms with Crippen molar-refractivity contribution in [2.75, 3.05) is 27.3 Å². The second-order valence-corrected chi connectivity index (χ2v) is 3.93. The largest absolute Gasteiger partial charge is 0.497 e. The van der Waals surface area contributed by atoms with Crippen molar-refractivity contribution in [2.24, 2.45) is 4.99 Å². The van der Waals surface area contributed by atoms with Crippen molar-refractivity contribution in [1.82, 2.24) is 5.32 Å². The number of rotatable bonds is 5. The Hall–Kier alpha value is -1.71. The lowest BCUT2D eigenvalue weighted by atomic mass is 10.1. The summed E-state index contributed by atoms with van der Waals surface area (Å²) in [7, 11) is 3.34. The van der Waals surface area contributed by atoms with Crippen LogP contribution in [0, 0.1) is 0 Å². The zero-order chi connectivity index (χ0) is 12.1. The molecule has 1 aromatic carbocycles. The van der Waals surface area contributed by atoms with Gasteiger partial charge in [-0.3, -0.25) is 4.99 Å². The van der Waals surface area contributed by atoms with Crippen LogP contribution in [-0.2, 0) is 6.42 Å². The van der Waals surface area contributed by atoms with E-state index in [0.29, 0.717) is 0 Å². The summed E-state index contributed by atoms with van der Waals surface area (Å²) in [6.07, 6.45) is 1.86. The number of methoxy groups -OCH3 is 2. The highest BCUT2D eigenvalue weighted by molar-refractivity contribution is 5.83. The molecule has 4 nitrogen and oxygen atoms in total. The second kappa shape index (κ2) is 5.57. The Morgan fingerprint density at radius 2 is 2.12 bits per heavy atom. The van der Waals surface area contributed by atoms with Crippen LogP contribution in [0.5, 0.6) is 11.5 Å². The average Bonchev–Trinajstić information content (AvgIpc) is 2.89. The molecule has 2 rings (SSSR count). The van der Waals surface area contributed by atoms with Gasteiger partial charge in [-0.2, -0.15) is 0 Å². The van der Waals surface area contributed by atoms with Gasteiger partial charge in [0.1, 0.15) is 11.5 Å². The Kier molecular flexibility index (Phi) is 3.85. The predicted octanol–water partition coefficient (Wildman–Crippen LogP) is 1.64. The number of ether oxygens (including phenoxy) is 2. The van der Waals surface area contributed by atoms with Crippen LogP contribution in [-0.4, -0.2) is 33.1 Å². The van der Waals surface area contributed by atoms with E-state index in [1.54, 1.807) is 14.2 Å². The van der Waals surface area contributed by atoms with Crippen LogP contribution in [0.15, 0.2) is 23.2 Å². The van der Waals surface area contributed by atoms with Crippen molar-refractivity contribution in [3.63, 3.8) is 0 Å². The minimum atomic E-state index is 0.821. The van der Waals surface area contributed by atoms with Gasteiger partial charge in [-0.15, -0.1) is 0 Å². The van der Waals surface area contributed by atoms with E-state index in [2.05, 4.69) is 10.3 Å². The molecule has 0 saturated carbocycles. The minimum absolute atomic E-state index is 0.821. The molecule has 1 aliphatic heterocycles. The average molecular weight is 234 g/mol. The molecule has 0 fully saturated rings. The van der Waals surface area contributed by atoms with Gasteiger partial charge in [0.25, 0.3) is 0 Å². The fourth-order valence-corrected chi connectivity index (χ4v) is 1.93. The van der Waals surface area contributed by atoms with Crippen LogP contribution in [0.2, 0.25) is 0 Å². The summed E-state index contributed by atoms with van der Waals surface area (Å²) in [6.45, 7) is 1.87. The highest BCUT2D eigenvalue weighted by Gasteiger charge is 2.08. The monoisotopic (exact) mass is 234 g/mol. The summed E-state index contributed by atoms with van der Waals surface area (Å²) in [4.78, 5) is 4.38. The lowest BCUT2D eigenvalue weighted by Crippen LogP contribution is -2.18. The molecule has 0 saturated heterocycles. The van der Waals surface area contributed by atoms with Gasteiger partial charge in [-0.05, 0) is 18.1 Å². The number of benzene rings is 1. The Bertz CT molecular complexity index is 416. The van der Waals surface area contributed by atoms with Crippen molar-refractivity contribution in [1.29, 1.82) is 0 Å². The van der Waals surface area contributed by atoms with Crippen LogP contribution in [0.3, 0.4) is 0 Å². The van der Waals surface area contributed by atoms with Crippen LogP contribution < -0.4 is 14.8 Å². The highest BCUT2D eigenvalue weighted by atomic mass is 16.5. The molecule has 1 N–H and O–H groups in total. The van der Waals surface area contributed by atoms with Gasteiger partial charge in [0.15, 0.2) is 0 Å². The van der Waals surface area contributed by atoms with Crippen molar-refractivity contribution in [3.8, 4) is 11.5 Å². The molecule has 0 radical (unpaired) electrons. The molecule has 1 aliphatic rings. The van der Waals surface area contributed by atoms with Crippen LogP contribution in [0.4, 0.5) is 0 Å². The Labute approximate surface area is 102 Å². The molecule has 0 aliphatic carbocycles. The predicted molar refractivity (Wildman–Crippen MR) is 68.2 cm³/mol. The standard InChI is InChI=1S/C13H18N2O2/c1-16-11-5-3-10(12(9-11)17-2)4-6-13-14-7-8-15-13/h3,5,9H,4,6-8H2,1-2H3,(H,14,15). The van der Waals surface area contributed by atoms with Crippen molar-refractivity contribution >= 4 is 5.84 Å². The number of amidine groups is 1. The van der Waals surface area contributed by atoms with Gasteiger partial charge in [-0.25, -0.2) is 0 Å². The smallest absolute Gasteiger partial charge is 0.125 e. The first-order valence-electron chi connectivity index (χ1n) is 5.81. The van der Waals surface area contributed by atoms with E-state index < -0.39 is 0 Å². The molecule has 92 valence electrons. The topological polar surface area (TPSA) is 42.8 Å². The number of hydrogen-bond acceptors (Lipinski definition) is 4. The molecule has 0 unspecified atom stereocenters. The fraction of sp³-hybridized carbons (Fsp3) is 0.462. The Balaban J connectivity index is 2.04. The maximum absolute atomic E-state index is 5.36. The molecule has 0 atom stereocenters. The number of nitrogens with zero attached hydrogens (tertiary/aromatic N) is 1. The Morgan fingerprint density at radius 3 is 2.76 bits per heavy atom. The molecular formula is C13H18N2O2. The maximum atomic E-state index is 5.36. The van der Waals surface area contributed by atoms with Gasteiger partial charge in [0.05, 0.1) is 26.6 Å². The molecule has 0 bridgehead atoms. The summed E-state index contributed by atoms with van der Waals surface area (Å²) < 4.78 is 10.5. The first-order valence-corrected chi connectivity index (χ1v) is 5.81. The minimum Gasteiger partial charge on any atom is -0.497 e. The van der Waals surface area contributed by atoms with E-state index in [9.17, 15) is 0 Å². The maximum Gasteiger partial charge on any atom is 0.125 e. The van der Waals surface area contributed by atoms with Gasteiger partial charge in [0, 0.05) is 19.0 Å². The van der Waals surface area contributed by atoms with E-state index >= 15 is 0 Å². The van der Waals surface area contributed by atoms with Crippen molar-refractivity contribution < 1.29 is 9.47 Å². The third kappa shape index (κ3) is 2.90. The third-order valence-electron chi connectivity index (χ3n) is 2.87. The fourth-order valence-electron chi connectivity index (χ4n) is 1.93. The van der Waals surface area contributed by atoms with E-state index in [4.69, 9.17) is 9.47 Å². The van der Waals surface area contributed by atoms with Crippen molar-refractivity contribution in [2.45, 2.75) is 12.8 Å². The number of aliphatic imine (C=N–C) groups is 1. The first kappa shape index (κ1) is 11.8. The molecule has 0 amide bonds. The van der Waals surface area contributed by atoms with Gasteiger partial charge >= 0.3 is 0 Å². The van der Waals surface area contributed by atoms with Gasteiger partial charge < -0.3 is 14.8 Å². The first-order chi connectivity index (χ1) is 8.33. The molecular weight excluding hydrogens is 216 g/mol. The van der Waals surface area contributed by atoms with E-state index in [-0.39, 0.29) is 0 Å². The van der Waals surface area contributed by atoms with E-state index in [0.717, 1.165) is 43.3 Å².